The Morgan fingerprint density at radius 2 is 2.22 bits per heavy atom. The van der Waals surface area contributed by atoms with E-state index in [-0.39, 0.29) is 0 Å². The van der Waals surface area contributed by atoms with Gasteiger partial charge in [-0.05, 0) is 31.5 Å². The number of fused-ring (bicyclic) bond motifs is 1. The van der Waals surface area contributed by atoms with Crippen molar-refractivity contribution in [1.29, 1.82) is 0 Å². The van der Waals surface area contributed by atoms with Gasteiger partial charge in [0.1, 0.15) is 11.3 Å². The number of aromatic nitrogens is 1. The zero-order valence-corrected chi connectivity index (χ0v) is 10.4. The summed E-state index contributed by atoms with van der Waals surface area (Å²) < 4.78 is 5.96. The summed E-state index contributed by atoms with van der Waals surface area (Å²) in [7, 11) is 0. The van der Waals surface area contributed by atoms with Crippen molar-refractivity contribution in [2.24, 2.45) is 5.92 Å². The fourth-order valence-corrected chi connectivity index (χ4v) is 2.47. The van der Waals surface area contributed by atoms with Gasteiger partial charge in [0.15, 0.2) is 0 Å². The van der Waals surface area contributed by atoms with E-state index in [9.17, 15) is 0 Å². The third kappa shape index (κ3) is 2.46. The van der Waals surface area contributed by atoms with Gasteiger partial charge >= 0.3 is 0 Å². The second kappa shape index (κ2) is 5.36. The van der Waals surface area contributed by atoms with Gasteiger partial charge in [-0.1, -0.05) is 18.2 Å². The number of ether oxygens (including phenoxy) is 1. The standard InChI is InChI=1S/C15H18N2O/c1-5-13-6-3-9-17-15(13)14(7-1)18-11-12-4-2-8-16-10-12/h1,3,5-7,9,12,16H,2,4,8,10-11H2/t12-/m1/s1. The predicted octanol–water partition coefficient (Wildman–Crippen LogP) is 2.61. The third-order valence-corrected chi connectivity index (χ3v) is 3.47. The normalized spacial score (nSPS) is 19.9. The average Bonchev–Trinajstić information content (AvgIpc) is 2.46. The zero-order valence-electron chi connectivity index (χ0n) is 10.4. The molecule has 18 heavy (non-hydrogen) atoms. The average molecular weight is 242 g/mol. The lowest BCUT2D eigenvalue weighted by Gasteiger charge is -2.22. The molecular weight excluding hydrogens is 224 g/mol. The summed E-state index contributed by atoms with van der Waals surface area (Å²) >= 11 is 0. The number of hydrogen-bond acceptors (Lipinski definition) is 3. The molecule has 1 aromatic carbocycles. The molecule has 1 aromatic heterocycles. The molecule has 1 atom stereocenters. The molecule has 1 aliphatic heterocycles. The van der Waals surface area contributed by atoms with E-state index in [1.54, 1.807) is 0 Å². The van der Waals surface area contributed by atoms with Crippen LogP contribution in [0.25, 0.3) is 10.9 Å². The fraction of sp³-hybridized carbons (Fsp3) is 0.400. The van der Waals surface area contributed by atoms with Gasteiger partial charge in [0.25, 0.3) is 0 Å². The maximum Gasteiger partial charge on any atom is 0.145 e. The number of piperidine rings is 1. The molecule has 1 N–H and O–H groups in total. The number of hydrogen-bond donors (Lipinski definition) is 1. The van der Waals surface area contributed by atoms with Crippen molar-refractivity contribution in [2.45, 2.75) is 12.8 Å². The Bertz CT molecular complexity index is 515. The minimum Gasteiger partial charge on any atom is -0.491 e. The summed E-state index contributed by atoms with van der Waals surface area (Å²) in [6.07, 6.45) is 4.32. The monoisotopic (exact) mass is 242 g/mol. The van der Waals surface area contributed by atoms with E-state index in [1.165, 1.54) is 12.8 Å². The van der Waals surface area contributed by atoms with Crippen LogP contribution in [-0.4, -0.2) is 24.7 Å². The van der Waals surface area contributed by atoms with Crippen LogP contribution in [-0.2, 0) is 0 Å². The SMILES string of the molecule is c1cnc2c(OC[C@@H]3CCCNC3)cccc2c1. The first-order chi connectivity index (χ1) is 8.93. The quantitative estimate of drug-likeness (QED) is 0.898. The first-order valence-electron chi connectivity index (χ1n) is 6.61. The molecule has 2 heterocycles. The molecule has 0 amide bonds. The second-order valence-corrected chi connectivity index (χ2v) is 4.85. The van der Waals surface area contributed by atoms with Crippen LogP contribution in [0.5, 0.6) is 5.75 Å². The Balaban J connectivity index is 1.74. The smallest absolute Gasteiger partial charge is 0.145 e. The molecule has 2 aromatic rings. The van der Waals surface area contributed by atoms with Crippen LogP contribution >= 0.6 is 0 Å². The molecule has 94 valence electrons. The van der Waals surface area contributed by atoms with Crippen molar-refractivity contribution in [2.75, 3.05) is 19.7 Å². The van der Waals surface area contributed by atoms with Crippen LogP contribution in [0.4, 0.5) is 0 Å². The van der Waals surface area contributed by atoms with Gasteiger partial charge in [-0.2, -0.15) is 0 Å². The van der Waals surface area contributed by atoms with Crippen molar-refractivity contribution >= 4 is 10.9 Å². The lowest BCUT2D eigenvalue weighted by molar-refractivity contribution is 0.220. The third-order valence-electron chi connectivity index (χ3n) is 3.47. The van der Waals surface area contributed by atoms with E-state index in [2.05, 4.69) is 22.4 Å². The van der Waals surface area contributed by atoms with Crippen molar-refractivity contribution in [3.63, 3.8) is 0 Å². The second-order valence-electron chi connectivity index (χ2n) is 4.85. The summed E-state index contributed by atoms with van der Waals surface area (Å²) in [5.74, 6) is 1.52. The van der Waals surface area contributed by atoms with Gasteiger partial charge in [-0.3, -0.25) is 4.98 Å². The number of rotatable bonds is 3. The van der Waals surface area contributed by atoms with E-state index >= 15 is 0 Å². The molecule has 3 nitrogen and oxygen atoms in total. The Morgan fingerprint density at radius 1 is 1.28 bits per heavy atom. The molecule has 1 saturated heterocycles. The van der Waals surface area contributed by atoms with E-state index in [1.807, 2.05) is 24.4 Å². The first kappa shape index (κ1) is 11.5. The summed E-state index contributed by atoms with van der Waals surface area (Å²) in [5.41, 5.74) is 0.962. The van der Waals surface area contributed by atoms with Gasteiger partial charge in [0, 0.05) is 24.0 Å². The maximum atomic E-state index is 5.96. The molecule has 1 aliphatic rings. The summed E-state index contributed by atoms with van der Waals surface area (Å²) in [5, 5.41) is 4.55. The highest BCUT2D eigenvalue weighted by Crippen LogP contribution is 2.24. The molecule has 1 fully saturated rings. The number of nitrogens with one attached hydrogen (secondary N) is 1. The van der Waals surface area contributed by atoms with Gasteiger partial charge < -0.3 is 10.1 Å². The van der Waals surface area contributed by atoms with Crippen LogP contribution in [0.1, 0.15) is 12.8 Å². The minimum absolute atomic E-state index is 0.623. The number of pyridine rings is 1. The topological polar surface area (TPSA) is 34.1 Å². The van der Waals surface area contributed by atoms with Gasteiger partial charge in [0.2, 0.25) is 0 Å². The summed E-state index contributed by atoms with van der Waals surface area (Å²) in [6, 6.07) is 10.1. The van der Waals surface area contributed by atoms with Crippen molar-refractivity contribution in [3.8, 4) is 5.75 Å². The van der Waals surface area contributed by atoms with Crippen LogP contribution in [0.2, 0.25) is 0 Å². The number of benzene rings is 1. The highest BCUT2D eigenvalue weighted by atomic mass is 16.5. The minimum atomic E-state index is 0.623. The number of para-hydroxylation sites is 1. The predicted molar refractivity (Wildman–Crippen MR) is 72.8 cm³/mol. The van der Waals surface area contributed by atoms with Gasteiger partial charge in [-0.15, -0.1) is 0 Å². The van der Waals surface area contributed by atoms with Gasteiger partial charge in [0.05, 0.1) is 6.61 Å². The van der Waals surface area contributed by atoms with Crippen LogP contribution in [0, 0.1) is 5.92 Å². The molecule has 0 spiro atoms. The highest BCUT2D eigenvalue weighted by Gasteiger charge is 2.14. The highest BCUT2D eigenvalue weighted by molar-refractivity contribution is 5.84. The molecule has 0 unspecified atom stereocenters. The van der Waals surface area contributed by atoms with E-state index < -0.39 is 0 Å². The first-order valence-corrected chi connectivity index (χ1v) is 6.61. The molecule has 3 heteroatoms. The van der Waals surface area contributed by atoms with Crippen molar-refractivity contribution in [1.82, 2.24) is 10.3 Å². The van der Waals surface area contributed by atoms with Crippen molar-refractivity contribution in [3.05, 3.63) is 36.5 Å². The lowest BCUT2D eigenvalue weighted by atomic mass is 10.0. The van der Waals surface area contributed by atoms with Crippen molar-refractivity contribution < 1.29 is 4.74 Å². The fourth-order valence-electron chi connectivity index (χ4n) is 2.47. The van der Waals surface area contributed by atoms with E-state index in [0.717, 1.165) is 36.3 Å². The zero-order chi connectivity index (χ0) is 12.2. The molecular formula is C15H18N2O. The maximum absolute atomic E-state index is 5.96. The number of nitrogens with zero attached hydrogens (tertiary/aromatic N) is 1. The molecule has 0 saturated carbocycles. The van der Waals surface area contributed by atoms with Crippen LogP contribution in [0.3, 0.4) is 0 Å². The van der Waals surface area contributed by atoms with Crippen LogP contribution in [0.15, 0.2) is 36.5 Å². The summed E-state index contributed by atoms with van der Waals surface area (Å²) in [4.78, 5) is 4.40. The molecule has 3 rings (SSSR count). The Morgan fingerprint density at radius 3 is 3.11 bits per heavy atom. The van der Waals surface area contributed by atoms with E-state index in [0.29, 0.717) is 5.92 Å². The Labute approximate surface area is 107 Å². The summed E-state index contributed by atoms with van der Waals surface area (Å²) in [6.45, 7) is 2.99. The van der Waals surface area contributed by atoms with Gasteiger partial charge in [-0.25, -0.2) is 0 Å². The largest absolute Gasteiger partial charge is 0.491 e. The molecule has 0 radical (unpaired) electrons. The Kier molecular flexibility index (Phi) is 3.42. The van der Waals surface area contributed by atoms with Crippen LogP contribution < -0.4 is 10.1 Å². The lowest BCUT2D eigenvalue weighted by Crippen LogP contribution is -2.33. The Hall–Kier alpha value is -1.61. The molecule has 0 bridgehead atoms. The van der Waals surface area contributed by atoms with E-state index in [4.69, 9.17) is 4.74 Å². The molecule has 0 aliphatic carbocycles.